The third-order valence-corrected chi connectivity index (χ3v) is 5.15. The van der Waals surface area contributed by atoms with Crippen molar-refractivity contribution >= 4 is 17.8 Å². The number of aromatic carboxylic acids is 1. The van der Waals surface area contributed by atoms with Crippen molar-refractivity contribution < 1.29 is 19.5 Å². The molecule has 0 bridgehead atoms. The van der Waals surface area contributed by atoms with E-state index in [4.69, 9.17) is 5.11 Å². The summed E-state index contributed by atoms with van der Waals surface area (Å²) in [6, 6.07) is 15.7. The summed E-state index contributed by atoms with van der Waals surface area (Å²) >= 11 is 0. The summed E-state index contributed by atoms with van der Waals surface area (Å²) in [6.45, 7) is 1.58. The van der Waals surface area contributed by atoms with Crippen molar-refractivity contribution in [3.05, 3.63) is 71.3 Å². The molecule has 146 valence electrons. The molecule has 0 saturated carbocycles. The van der Waals surface area contributed by atoms with Gasteiger partial charge in [-0.05, 0) is 42.7 Å². The van der Waals surface area contributed by atoms with E-state index < -0.39 is 5.97 Å². The molecular weight excluding hydrogens is 356 g/mol. The summed E-state index contributed by atoms with van der Waals surface area (Å²) in [4.78, 5) is 39.7. The number of amides is 2. The van der Waals surface area contributed by atoms with Crippen LogP contribution in [0.15, 0.2) is 54.6 Å². The number of hydrogen-bond acceptors (Lipinski definition) is 3. The van der Waals surface area contributed by atoms with Crippen LogP contribution in [0.2, 0.25) is 0 Å². The topological polar surface area (TPSA) is 77.9 Å². The van der Waals surface area contributed by atoms with Gasteiger partial charge in [0.05, 0.1) is 5.56 Å². The van der Waals surface area contributed by atoms with Gasteiger partial charge in [0.2, 0.25) is 5.91 Å². The summed E-state index contributed by atoms with van der Waals surface area (Å²) in [5, 5.41) is 8.96. The van der Waals surface area contributed by atoms with Crippen LogP contribution in [0.1, 0.15) is 39.1 Å². The van der Waals surface area contributed by atoms with Crippen LogP contribution in [-0.2, 0) is 11.3 Å². The van der Waals surface area contributed by atoms with Crippen LogP contribution < -0.4 is 0 Å². The van der Waals surface area contributed by atoms with Crippen molar-refractivity contribution in [3.8, 4) is 0 Å². The summed E-state index contributed by atoms with van der Waals surface area (Å²) < 4.78 is 0. The quantitative estimate of drug-likeness (QED) is 0.865. The second-order valence-corrected chi connectivity index (χ2v) is 7.13. The number of carboxylic acids is 1. The second-order valence-electron chi connectivity index (χ2n) is 7.13. The molecule has 0 atom stereocenters. The van der Waals surface area contributed by atoms with Crippen molar-refractivity contribution in [1.29, 1.82) is 0 Å². The first-order valence-corrected chi connectivity index (χ1v) is 9.37. The maximum Gasteiger partial charge on any atom is 0.335 e. The largest absolute Gasteiger partial charge is 0.478 e. The van der Waals surface area contributed by atoms with Gasteiger partial charge in [-0.3, -0.25) is 9.59 Å². The minimum absolute atomic E-state index is 0.0124. The third-order valence-electron chi connectivity index (χ3n) is 5.15. The monoisotopic (exact) mass is 380 g/mol. The van der Waals surface area contributed by atoms with E-state index in [-0.39, 0.29) is 23.3 Å². The molecule has 0 radical (unpaired) electrons. The van der Waals surface area contributed by atoms with Crippen LogP contribution in [0.25, 0.3) is 0 Å². The Kier molecular flexibility index (Phi) is 6.09. The summed E-state index contributed by atoms with van der Waals surface area (Å²) in [7, 11) is 1.76. The molecule has 1 N–H and O–H groups in total. The van der Waals surface area contributed by atoms with Crippen LogP contribution >= 0.6 is 0 Å². The molecule has 1 fully saturated rings. The Morgan fingerprint density at radius 3 is 2.14 bits per heavy atom. The number of carbonyl (C=O) groups is 3. The van der Waals surface area contributed by atoms with Crippen LogP contribution in [0, 0.1) is 5.92 Å². The average molecular weight is 380 g/mol. The lowest BCUT2D eigenvalue weighted by molar-refractivity contribution is -0.136. The van der Waals surface area contributed by atoms with Gasteiger partial charge >= 0.3 is 5.97 Å². The zero-order valence-electron chi connectivity index (χ0n) is 15.9. The normalized spacial score (nSPS) is 14.5. The average Bonchev–Trinajstić information content (AvgIpc) is 2.73. The van der Waals surface area contributed by atoms with Gasteiger partial charge in [0.25, 0.3) is 5.91 Å². The van der Waals surface area contributed by atoms with E-state index >= 15 is 0 Å². The molecule has 2 aromatic carbocycles. The first-order valence-electron chi connectivity index (χ1n) is 9.37. The van der Waals surface area contributed by atoms with Gasteiger partial charge in [0, 0.05) is 38.2 Å². The SMILES string of the molecule is CN(Cc1ccc(C(=O)O)cc1)C(=O)C1CCN(C(=O)c2ccccc2)CC1. The zero-order valence-corrected chi connectivity index (χ0v) is 15.9. The molecule has 2 amide bonds. The van der Waals surface area contributed by atoms with E-state index in [9.17, 15) is 14.4 Å². The van der Waals surface area contributed by atoms with Gasteiger partial charge in [-0.25, -0.2) is 4.79 Å². The second kappa shape index (κ2) is 8.69. The van der Waals surface area contributed by atoms with E-state index in [0.29, 0.717) is 38.0 Å². The first-order chi connectivity index (χ1) is 13.5. The maximum atomic E-state index is 12.8. The lowest BCUT2D eigenvalue weighted by Gasteiger charge is -2.33. The van der Waals surface area contributed by atoms with Crippen molar-refractivity contribution in [3.63, 3.8) is 0 Å². The molecular formula is C22H24N2O4. The van der Waals surface area contributed by atoms with E-state index in [0.717, 1.165) is 5.56 Å². The van der Waals surface area contributed by atoms with Gasteiger partial charge < -0.3 is 14.9 Å². The Bertz CT molecular complexity index is 841. The third kappa shape index (κ3) is 4.57. The van der Waals surface area contributed by atoms with Crippen LogP contribution in [0.3, 0.4) is 0 Å². The maximum absolute atomic E-state index is 12.8. The highest BCUT2D eigenvalue weighted by atomic mass is 16.4. The number of rotatable bonds is 5. The van der Waals surface area contributed by atoms with E-state index in [2.05, 4.69) is 0 Å². The lowest BCUT2D eigenvalue weighted by atomic mass is 9.94. The summed E-state index contributed by atoms with van der Waals surface area (Å²) in [5.74, 6) is -0.983. The van der Waals surface area contributed by atoms with Crippen LogP contribution in [0.5, 0.6) is 0 Å². The predicted octanol–water partition coefficient (Wildman–Crippen LogP) is 2.90. The molecule has 6 nitrogen and oxygen atoms in total. The fraction of sp³-hybridized carbons (Fsp3) is 0.318. The molecule has 0 aromatic heterocycles. The van der Waals surface area contributed by atoms with E-state index in [1.165, 1.54) is 0 Å². The summed E-state index contributed by atoms with van der Waals surface area (Å²) in [6.07, 6.45) is 1.30. The Morgan fingerprint density at radius 1 is 0.964 bits per heavy atom. The summed E-state index contributed by atoms with van der Waals surface area (Å²) in [5.41, 5.74) is 1.79. The first kappa shape index (κ1) is 19.6. The Balaban J connectivity index is 1.53. The highest BCUT2D eigenvalue weighted by Gasteiger charge is 2.29. The minimum atomic E-state index is -0.965. The Labute approximate surface area is 164 Å². The number of carbonyl (C=O) groups excluding carboxylic acids is 2. The molecule has 2 aromatic rings. The van der Waals surface area contributed by atoms with Gasteiger partial charge in [0.15, 0.2) is 0 Å². The number of benzene rings is 2. The molecule has 0 unspecified atom stereocenters. The molecule has 1 aliphatic rings. The van der Waals surface area contributed by atoms with E-state index in [1.54, 1.807) is 36.2 Å². The van der Waals surface area contributed by atoms with Gasteiger partial charge in [-0.2, -0.15) is 0 Å². The van der Waals surface area contributed by atoms with Crippen molar-refractivity contribution in [2.24, 2.45) is 5.92 Å². The molecule has 28 heavy (non-hydrogen) atoms. The number of nitrogens with zero attached hydrogens (tertiary/aromatic N) is 2. The van der Waals surface area contributed by atoms with Gasteiger partial charge in [-0.1, -0.05) is 30.3 Å². The molecule has 3 rings (SSSR count). The van der Waals surface area contributed by atoms with Crippen molar-refractivity contribution in [1.82, 2.24) is 9.80 Å². The molecule has 1 heterocycles. The fourth-order valence-electron chi connectivity index (χ4n) is 3.51. The molecule has 6 heteroatoms. The number of carboxylic acid groups (broad SMARTS) is 1. The van der Waals surface area contributed by atoms with Crippen molar-refractivity contribution in [2.75, 3.05) is 20.1 Å². The molecule has 1 saturated heterocycles. The smallest absolute Gasteiger partial charge is 0.335 e. The lowest BCUT2D eigenvalue weighted by Crippen LogP contribution is -2.43. The molecule has 0 aliphatic carbocycles. The molecule has 1 aliphatic heterocycles. The van der Waals surface area contributed by atoms with E-state index in [1.807, 2.05) is 35.2 Å². The highest BCUT2D eigenvalue weighted by molar-refractivity contribution is 5.94. The van der Waals surface area contributed by atoms with Crippen LogP contribution in [0.4, 0.5) is 0 Å². The standard InChI is InChI=1S/C22H24N2O4/c1-23(15-16-7-9-19(10-8-16)22(27)28)20(25)18-11-13-24(14-12-18)21(26)17-5-3-2-4-6-17/h2-10,18H,11-15H2,1H3,(H,27,28). The fourth-order valence-corrected chi connectivity index (χ4v) is 3.51. The minimum Gasteiger partial charge on any atom is -0.478 e. The predicted molar refractivity (Wildman–Crippen MR) is 105 cm³/mol. The van der Waals surface area contributed by atoms with Gasteiger partial charge in [-0.15, -0.1) is 0 Å². The highest BCUT2D eigenvalue weighted by Crippen LogP contribution is 2.21. The number of hydrogen-bond donors (Lipinski definition) is 1. The number of piperidine rings is 1. The Morgan fingerprint density at radius 2 is 1.57 bits per heavy atom. The molecule has 0 spiro atoms. The van der Waals surface area contributed by atoms with Crippen LogP contribution in [-0.4, -0.2) is 52.8 Å². The Hall–Kier alpha value is -3.15. The van der Waals surface area contributed by atoms with Crippen molar-refractivity contribution in [2.45, 2.75) is 19.4 Å². The van der Waals surface area contributed by atoms with Gasteiger partial charge in [0.1, 0.15) is 0 Å². The zero-order chi connectivity index (χ0) is 20.1. The number of likely N-dealkylation sites (tertiary alicyclic amines) is 1.